The van der Waals surface area contributed by atoms with Gasteiger partial charge in [0.05, 0.1) is 0 Å². The van der Waals surface area contributed by atoms with Crippen molar-refractivity contribution in [1.29, 1.82) is 0 Å². The lowest BCUT2D eigenvalue weighted by Gasteiger charge is -2.20. The first-order valence-electron chi connectivity index (χ1n) is 6.88. The third kappa shape index (κ3) is 4.87. The fraction of sp³-hybridized carbons (Fsp3) is 0.312. The van der Waals surface area contributed by atoms with E-state index in [9.17, 15) is 4.39 Å². The van der Waals surface area contributed by atoms with E-state index in [-0.39, 0.29) is 11.9 Å². The molecule has 1 unspecified atom stereocenters. The van der Waals surface area contributed by atoms with Gasteiger partial charge in [0, 0.05) is 27.4 Å². The second kappa shape index (κ2) is 8.01. The maximum absolute atomic E-state index is 13.3. The summed E-state index contributed by atoms with van der Waals surface area (Å²) in [5, 5.41) is 3.52. The molecule has 0 aliphatic heterocycles. The predicted molar refractivity (Wildman–Crippen MR) is 90.8 cm³/mol. The lowest BCUT2D eigenvalue weighted by Crippen LogP contribution is -2.24. The van der Waals surface area contributed by atoms with E-state index in [1.54, 1.807) is 6.20 Å². The number of rotatable bonds is 6. The minimum absolute atomic E-state index is 0.121. The van der Waals surface area contributed by atoms with Crippen LogP contribution in [0.3, 0.4) is 0 Å². The molecule has 2 nitrogen and oxygen atoms in total. The van der Waals surface area contributed by atoms with Crippen LogP contribution in [0.1, 0.15) is 30.5 Å². The monoisotopic (exact) mass is 414 g/mol. The van der Waals surface area contributed by atoms with Gasteiger partial charge in [0.15, 0.2) is 0 Å². The second-order valence-electron chi connectivity index (χ2n) is 4.89. The lowest BCUT2D eigenvalue weighted by atomic mass is 9.99. The maximum Gasteiger partial charge on any atom is 0.124 e. The van der Waals surface area contributed by atoms with Crippen LogP contribution >= 0.6 is 31.9 Å². The fourth-order valence-electron chi connectivity index (χ4n) is 2.20. The summed E-state index contributed by atoms with van der Waals surface area (Å²) in [5.74, 6) is -0.232. The number of halogens is 3. The van der Waals surface area contributed by atoms with Crippen LogP contribution in [0, 0.1) is 5.82 Å². The highest BCUT2D eigenvalue weighted by Gasteiger charge is 2.15. The summed E-state index contributed by atoms with van der Waals surface area (Å²) in [6, 6.07) is 7.02. The van der Waals surface area contributed by atoms with Crippen LogP contribution in [0.2, 0.25) is 0 Å². The summed E-state index contributed by atoms with van der Waals surface area (Å²) >= 11 is 6.91. The Bertz CT molecular complexity index is 605. The molecule has 0 aliphatic carbocycles. The Kier molecular flexibility index (Phi) is 6.33. The third-order valence-corrected chi connectivity index (χ3v) is 4.30. The standard InChI is InChI=1S/C16H17Br2FN2/c1-2-5-21-16(7-11-6-12(17)10-20-9-11)14-4-3-13(19)8-15(14)18/h3-4,6,8-10,16,21H,2,5,7H2,1H3. The van der Waals surface area contributed by atoms with Gasteiger partial charge in [0.2, 0.25) is 0 Å². The molecule has 21 heavy (non-hydrogen) atoms. The van der Waals surface area contributed by atoms with Crippen LogP contribution in [0.4, 0.5) is 4.39 Å². The molecule has 0 saturated carbocycles. The molecule has 1 heterocycles. The normalized spacial score (nSPS) is 12.4. The van der Waals surface area contributed by atoms with Gasteiger partial charge >= 0.3 is 0 Å². The van der Waals surface area contributed by atoms with E-state index >= 15 is 0 Å². The van der Waals surface area contributed by atoms with E-state index < -0.39 is 0 Å². The van der Waals surface area contributed by atoms with Gasteiger partial charge in [-0.3, -0.25) is 4.98 Å². The van der Waals surface area contributed by atoms with Crippen LogP contribution in [0.5, 0.6) is 0 Å². The number of nitrogens with one attached hydrogen (secondary N) is 1. The lowest BCUT2D eigenvalue weighted by molar-refractivity contribution is 0.525. The van der Waals surface area contributed by atoms with Crippen molar-refractivity contribution in [3.05, 3.63) is 62.5 Å². The van der Waals surface area contributed by atoms with Gasteiger partial charge in [0.1, 0.15) is 5.82 Å². The molecule has 2 aromatic rings. The van der Waals surface area contributed by atoms with Crippen molar-refractivity contribution in [1.82, 2.24) is 10.3 Å². The van der Waals surface area contributed by atoms with Gasteiger partial charge < -0.3 is 5.32 Å². The second-order valence-corrected chi connectivity index (χ2v) is 6.66. The molecule has 1 aromatic carbocycles. The van der Waals surface area contributed by atoms with Crippen molar-refractivity contribution in [2.75, 3.05) is 6.54 Å². The van der Waals surface area contributed by atoms with Crippen molar-refractivity contribution >= 4 is 31.9 Å². The van der Waals surface area contributed by atoms with E-state index in [2.05, 4.69) is 55.2 Å². The molecule has 112 valence electrons. The third-order valence-electron chi connectivity index (χ3n) is 3.18. The van der Waals surface area contributed by atoms with E-state index in [0.29, 0.717) is 0 Å². The molecule has 0 bridgehead atoms. The van der Waals surface area contributed by atoms with Crippen molar-refractivity contribution in [3.63, 3.8) is 0 Å². The Morgan fingerprint density at radius 2 is 2.05 bits per heavy atom. The van der Waals surface area contributed by atoms with E-state index in [1.807, 2.05) is 12.3 Å². The molecule has 5 heteroatoms. The average Bonchev–Trinajstić information content (AvgIpc) is 2.44. The molecule has 1 N–H and O–H groups in total. The predicted octanol–water partition coefficient (Wildman–Crippen LogP) is 5.03. The molecule has 0 spiro atoms. The average molecular weight is 416 g/mol. The van der Waals surface area contributed by atoms with Gasteiger partial charge in [0.25, 0.3) is 0 Å². The highest BCUT2D eigenvalue weighted by molar-refractivity contribution is 9.10. The Morgan fingerprint density at radius 1 is 1.24 bits per heavy atom. The summed E-state index contributed by atoms with van der Waals surface area (Å²) in [5.41, 5.74) is 2.19. The number of nitrogens with zero attached hydrogens (tertiary/aromatic N) is 1. The van der Waals surface area contributed by atoms with E-state index in [4.69, 9.17) is 0 Å². The summed E-state index contributed by atoms with van der Waals surface area (Å²) in [6.45, 7) is 3.04. The van der Waals surface area contributed by atoms with Gasteiger partial charge in [-0.1, -0.05) is 28.9 Å². The zero-order chi connectivity index (χ0) is 15.2. The quantitative estimate of drug-likeness (QED) is 0.715. The summed E-state index contributed by atoms with van der Waals surface area (Å²) in [6.07, 6.45) is 5.48. The molecule has 0 aliphatic rings. The SMILES string of the molecule is CCCNC(Cc1cncc(Br)c1)c1ccc(F)cc1Br. The Labute approximate surface area is 141 Å². The first-order chi connectivity index (χ1) is 10.1. The van der Waals surface area contributed by atoms with Crippen LogP contribution < -0.4 is 5.32 Å². The van der Waals surface area contributed by atoms with Crippen LogP contribution in [-0.4, -0.2) is 11.5 Å². The largest absolute Gasteiger partial charge is 0.310 e. The first kappa shape index (κ1) is 16.6. The molecule has 0 saturated heterocycles. The minimum Gasteiger partial charge on any atom is -0.310 e. The van der Waals surface area contributed by atoms with Crippen LogP contribution in [0.25, 0.3) is 0 Å². The topological polar surface area (TPSA) is 24.9 Å². The van der Waals surface area contributed by atoms with Gasteiger partial charge in [-0.25, -0.2) is 4.39 Å². The zero-order valence-corrected chi connectivity index (χ0v) is 14.9. The zero-order valence-electron chi connectivity index (χ0n) is 11.7. The number of benzene rings is 1. The Morgan fingerprint density at radius 3 is 2.71 bits per heavy atom. The first-order valence-corrected chi connectivity index (χ1v) is 8.46. The van der Waals surface area contributed by atoms with Gasteiger partial charge in [-0.15, -0.1) is 0 Å². The van der Waals surface area contributed by atoms with E-state index in [0.717, 1.165) is 39.5 Å². The summed E-state index contributed by atoms with van der Waals surface area (Å²) in [4.78, 5) is 4.20. The molecule has 1 atom stereocenters. The summed E-state index contributed by atoms with van der Waals surface area (Å²) < 4.78 is 15.0. The molecule has 0 amide bonds. The van der Waals surface area contributed by atoms with Crippen LogP contribution in [-0.2, 0) is 6.42 Å². The molecular weight excluding hydrogens is 399 g/mol. The Balaban J connectivity index is 2.25. The highest BCUT2D eigenvalue weighted by Crippen LogP contribution is 2.27. The van der Waals surface area contributed by atoms with Gasteiger partial charge in [-0.05, 0) is 64.6 Å². The fourth-order valence-corrected chi connectivity index (χ4v) is 3.24. The van der Waals surface area contributed by atoms with Crippen molar-refractivity contribution < 1.29 is 4.39 Å². The minimum atomic E-state index is -0.232. The van der Waals surface area contributed by atoms with Gasteiger partial charge in [-0.2, -0.15) is 0 Å². The molecule has 0 radical (unpaired) electrons. The van der Waals surface area contributed by atoms with Crippen LogP contribution in [0.15, 0.2) is 45.6 Å². The Hall–Kier alpha value is -0.780. The maximum atomic E-state index is 13.3. The molecule has 1 aromatic heterocycles. The number of pyridine rings is 1. The number of hydrogen-bond donors (Lipinski definition) is 1. The highest BCUT2D eigenvalue weighted by atomic mass is 79.9. The molecule has 2 rings (SSSR count). The molecular formula is C16H17Br2FN2. The number of hydrogen-bond acceptors (Lipinski definition) is 2. The van der Waals surface area contributed by atoms with Crippen molar-refractivity contribution in [2.45, 2.75) is 25.8 Å². The van der Waals surface area contributed by atoms with Crippen molar-refractivity contribution in [2.24, 2.45) is 0 Å². The molecule has 0 fully saturated rings. The number of aromatic nitrogens is 1. The summed E-state index contributed by atoms with van der Waals surface area (Å²) in [7, 11) is 0. The smallest absolute Gasteiger partial charge is 0.124 e. The van der Waals surface area contributed by atoms with Crippen molar-refractivity contribution in [3.8, 4) is 0 Å². The van der Waals surface area contributed by atoms with E-state index in [1.165, 1.54) is 12.1 Å².